The Hall–Kier alpha value is -4.50. The molecule has 234 valence electrons. The molecule has 4 heterocycles. The molecule has 0 spiro atoms. The molecule has 0 bridgehead atoms. The molecule has 11 heteroatoms. The molecule has 0 unspecified atom stereocenters. The molecule has 5 aromatic rings. The van der Waals surface area contributed by atoms with Gasteiger partial charge < -0.3 is 14.4 Å². The standard InChI is InChI=1S/C35H30F2N4O3S2/c1-5-28(42)41-12-10-25-27(18-41)46-34(39-25)32-30(29-24(37)16-22(36)17-26(29)44-14-13-43-4)33-23(11-15-45-33)31(40-32)20-6-8-21(9-7-20)35(2,3)19-38/h5-9,11,15-17H,1,10,12-14,18H2,2-4H3. The van der Waals surface area contributed by atoms with Crippen LogP contribution in [0.2, 0.25) is 0 Å². The quantitative estimate of drug-likeness (QED) is 0.118. The molecule has 1 amide bonds. The summed E-state index contributed by atoms with van der Waals surface area (Å²) in [4.78, 5) is 25.2. The Kier molecular flexibility index (Phi) is 8.70. The molecule has 0 aliphatic carbocycles. The zero-order valence-corrected chi connectivity index (χ0v) is 27.2. The van der Waals surface area contributed by atoms with Crippen molar-refractivity contribution in [2.75, 3.05) is 26.9 Å². The fourth-order valence-electron chi connectivity index (χ4n) is 5.50. The normalized spacial score (nSPS) is 13.0. The Morgan fingerprint density at radius 3 is 2.63 bits per heavy atom. The van der Waals surface area contributed by atoms with E-state index in [2.05, 4.69) is 12.6 Å². The molecule has 0 saturated heterocycles. The number of rotatable bonds is 9. The van der Waals surface area contributed by atoms with E-state index in [4.69, 9.17) is 19.4 Å². The van der Waals surface area contributed by atoms with Crippen LogP contribution in [0.4, 0.5) is 8.78 Å². The average Bonchev–Trinajstić information content (AvgIpc) is 3.71. The number of amides is 1. The van der Waals surface area contributed by atoms with Crippen LogP contribution in [-0.4, -0.2) is 47.6 Å². The maximum absolute atomic E-state index is 16.0. The predicted octanol–water partition coefficient (Wildman–Crippen LogP) is 7.93. The fraction of sp³-hybridized carbons (Fsp3) is 0.257. The Labute approximate surface area is 273 Å². The molecule has 3 aromatic heterocycles. The lowest BCUT2D eigenvalue weighted by Gasteiger charge is -2.24. The van der Waals surface area contributed by atoms with Gasteiger partial charge in [-0.1, -0.05) is 30.8 Å². The summed E-state index contributed by atoms with van der Waals surface area (Å²) >= 11 is 2.82. The minimum absolute atomic E-state index is 0.0345. The van der Waals surface area contributed by atoms with Gasteiger partial charge in [-0.2, -0.15) is 5.26 Å². The van der Waals surface area contributed by atoms with E-state index in [9.17, 15) is 14.4 Å². The summed E-state index contributed by atoms with van der Waals surface area (Å²) in [6, 6.07) is 14.0. The first kappa shape index (κ1) is 31.5. The monoisotopic (exact) mass is 656 g/mol. The van der Waals surface area contributed by atoms with Crippen molar-refractivity contribution < 1.29 is 23.0 Å². The van der Waals surface area contributed by atoms with E-state index in [0.29, 0.717) is 41.5 Å². The van der Waals surface area contributed by atoms with Crippen LogP contribution in [0.3, 0.4) is 0 Å². The number of pyridine rings is 1. The molecular formula is C35H30F2N4O3S2. The van der Waals surface area contributed by atoms with Crippen molar-refractivity contribution in [3.8, 4) is 44.9 Å². The van der Waals surface area contributed by atoms with Gasteiger partial charge in [0, 0.05) is 58.3 Å². The van der Waals surface area contributed by atoms with Crippen molar-refractivity contribution >= 4 is 38.7 Å². The zero-order chi connectivity index (χ0) is 32.6. The largest absolute Gasteiger partial charge is 0.490 e. The van der Waals surface area contributed by atoms with Crippen molar-refractivity contribution in [1.29, 1.82) is 5.26 Å². The van der Waals surface area contributed by atoms with Crippen LogP contribution in [0.25, 0.3) is 43.2 Å². The number of methoxy groups -OCH3 is 1. The highest BCUT2D eigenvalue weighted by molar-refractivity contribution is 7.18. The Morgan fingerprint density at radius 1 is 1.13 bits per heavy atom. The Bertz CT molecular complexity index is 2010. The molecule has 0 saturated carbocycles. The summed E-state index contributed by atoms with van der Waals surface area (Å²) in [5, 5.41) is 12.9. The molecule has 0 atom stereocenters. The van der Waals surface area contributed by atoms with E-state index in [1.54, 1.807) is 4.90 Å². The molecule has 6 rings (SSSR count). The second-order valence-electron chi connectivity index (χ2n) is 11.4. The number of aromatic nitrogens is 2. The number of fused-ring (bicyclic) bond motifs is 2. The van der Waals surface area contributed by atoms with E-state index in [1.165, 1.54) is 41.9 Å². The average molecular weight is 657 g/mol. The number of nitriles is 1. The number of hydrogen-bond donors (Lipinski definition) is 0. The second kappa shape index (κ2) is 12.7. The SMILES string of the molecule is C=CC(=O)N1CCc2nc(-c3nc(-c4ccc(C(C)(C)C#N)cc4)c4ccsc4c3-c3c(F)cc(F)cc3OCCOC)sc2C1. The van der Waals surface area contributed by atoms with Crippen LogP contribution >= 0.6 is 22.7 Å². The minimum Gasteiger partial charge on any atom is -0.490 e. The smallest absolute Gasteiger partial charge is 0.246 e. The second-order valence-corrected chi connectivity index (χ2v) is 13.4. The van der Waals surface area contributed by atoms with Gasteiger partial charge in [-0.15, -0.1) is 22.7 Å². The van der Waals surface area contributed by atoms with Crippen molar-refractivity contribution in [3.63, 3.8) is 0 Å². The molecule has 0 radical (unpaired) electrons. The lowest BCUT2D eigenvalue weighted by atomic mass is 9.85. The van der Waals surface area contributed by atoms with Crippen molar-refractivity contribution in [3.05, 3.63) is 88.3 Å². The number of hydrogen-bond acceptors (Lipinski definition) is 8. The third kappa shape index (κ3) is 5.80. The van der Waals surface area contributed by atoms with Crippen molar-refractivity contribution in [2.45, 2.75) is 32.2 Å². The van der Waals surface area contributed by atoms with Gasteiger partial charge in [-0.3, -0.25) is 4.79 Å². The van der Waals surface area contributed by atoms with Gasteiger partial charge in [0.1, 0.15) is 34.7 Å². The van der Waals surface area contributed by atoms with Gasteiger partial charge in [-0.05, 0) is 36.9 Å². The molecule has 0 fully saturated rings. The summed E-state index contributed by atoms with van der Waals surface area (Å²) in [5.41, 5.74) is 3.50. The number of carbonyl (C=O) groups is 1. The number of nitrogens with zero attached hydrogens (tertiary/aromatic N) is 4. The first-order chi connectivity index (χ1) is 22.1. The van der Waals surface area contributed by atoms with Crippen LogP contribution in [0.15, 0.2) is 60.5 Å². The number of thiazole rings is 1. The van der Waals surface area contributed by atoms with Crippen LogP contribution in [0.1, 0.15) is 30.0 Å². The highest BCUT2D eigenvalue weighted by atomic mass is 32.1. The molecule has 0 N–H and O–H groups in total. The van der Waals surface area contributed by atoms with Crippen LogP contribution in [-0.2, 0) is 27.9 Å². The van der Waals surface area contributed by atoms with Gasteiger partial charge in [-0.25, -0.2) is 18.7 Å². The third-order valence-electron chi connectivity index (χ3n) is 8.00. The van der Waals surface area contributed by atoms with Gasteiger partial charge in [0.2, 0.25) is 5.91 Å². The number of thiophene rings is 1. The lowest BCUT2D eigenvalue weighted by Crippen LogP contribution is -2.34. The number of halogens is 2. The summed E-state index contributed by atoms with van der Waals surface area (Å²) in [6.07, 6.45) is 1.86. The maximum Gasteiger partial charge on any atom is 0.246 e. The minimum atomic E-state index is -0.787. The van der Waals surface area contributed by atoms with Crippen LogP contribution < -0.4 is 4.74 Å². The first-order valence-electron chi connectivity index (χ1n) is 14.6. The Balaban J connectivity index is 1.60. The molecule has 2 aromatic carbocycles. The predicted molar refractivity (Wildman–Crippen MR) is 177 cm³/mol. The summed E-state index contributed by atoms with van der Waals surface area (Å²) in [6.45, 7) is 8.55. The highest BCUT2D eigenvalue weighted by Crippen LogP contribution is 2.48. The molecule has 46 heavy (non-hydrogen) atoms. The van der Waals surface area contributed by atoms with Gasteiger partial charge in [0.05, 0.1) is 41.6 Å². The number of carbonyl (C=O) groups excluding carboxylic acids is 1. The molecule has 7 nitrogen and oxygen atoms in total. The fourth-order valence-corrected chi connectivity index (χ4v) is 7.56. The zero-order valence-electron chi connectivity index (χ0n) is 25.5. The summed E-state index contributed by atoms with van der Waals surface area (Å²) in [5.74, 6) is -1.67. The van der Waals surface area contributed by atoms with E-state index in [-0.39, 0.29) is 30.4 Å². The summed E-state index contributed by atoms with van der Waals surface area (Å²) < 4.78 is 42.3. The molecule has 1 aliphatic heterocycles. The van der Waals surface area contributed by atoms with E-state index >= 15 is 4.39 Å². The maximum atomic E-state index is 16.0. The topological polar surface area (TPSA) is 88.3 Å². The van der Waals surface area contributed by atoms with Crippen LogP contribution in [0, 0.1) is 23.0 Å². The third-order valence-corrected chi connectivity index (χ3v) is 10.0. The molecule has 1 aliphatic rings. The van der Waals surface area contributed by atoms with E-state index in [0.717, 1.165) is 37.9 Å². The van der Waals surface area contributed by atoms with Crippen molar-refractivity contribution in [1.82, 2.24) is 14.9 Å². The van der Waals surface area contributed by atoms with Gasteiger partial charge >= 0.3 is 0 Å². The van der Waals surface area contributed by atoms with E-state index < -0.39 is 17.0 Å². The van der Waals surface area contributed by atoms with Crippen molar-refractivity contribution in [2.24, 2.45) is 0 Å². The van der Waals surface area contributed by atoms with Gasteiger partial charge in [0.25, 0.3) is 0 Å². The van der Waals surface area contributed by atoms with Gasteiger partial charge in [0.15, 0.2) is 0 Å². The molecular weight excluding hydrogens is 627 g/mol. The number of ether oxygens (including phenoxy) is 2. The van der Waals surface area contributed by atoms with E-state index in [1.807, 2.05) is 49.6 Å². The highest BCUT2D eigenvalue weighted by Gasteiger charge is 2.29. The number of benzene rings is 2. The Morgan fingerprint density at radius 2 is 1.91 bits per heavy atom. The van der Waals surface area contributed by atoms with Crippen LogP contribution in [0.5, 0.6) is 5.75 Å². The summed E-state index contributed by atoms with van der Waals surface area (Å²) in [7, 11) is 1.52. The first-order valence-corrected chi connectivity index (χ1v) is 16.3. The lowest BCUT2D eigenvalue weighted by molar-refractivity contribution is -0.126.